The van der Waals surface area contributed by atoms with Crippen LogP contribution in [0.25, 0.3) is 0 Å². The van der Waals surface area contributed by atoms with Gasteiger partial charge in [-0.2, -0.15) is 0 Å². The van der Waals surface area contributed by atoms with Gasteiger partial charge in [0.1, 0.15) is 11.5 Å². The smallest absolute Gasteiger partial charge is 0.223 e. The number of furan rings is 1. The maximum atomic E-state index is 12.7. The predicted molar refractivity (Wildman–Crippen MR) is 103 cm³/mol. The number of aromatic nitrogens is 1. The summed E-state index contributed by atoms with van der Waals surface area (Å²) < 4.78 is 11.2. The van der Waals surface area contributed by atoms with Gasteiger partial charge in [-0.25, -0.2) is 0 Å². The molecule has 5 nitrogen and oxygen atoms in total. The number of aryl methyl sites for hydroxylation is 1. The van der Waals surface area contributed by atoms with Crippen LogP contribution in [0.3, 0.4) is 0 Å². The second kappa shape index (κ2) is 9.57. The molecule has 3 aromatic rings. The van der Waals surface area contributed by atoms with Crippen LogP contribution in [-0.4, -0.2) is 22.4 Å². The van der Waals surface area contributed by atoms with Gasteiger partial charge in [-0.3, -0.25) is 9.78 Å². The van der Waals surface area contributed by atoms with E-state index in [0.717, 1.165) is 22.6 Å². The molecule has 0 aliphatic carbocycles. The van der Waals surface area contributed by atoms with E-state index >= 15 is 0 Å². The van der Waals surface area contributed by atoms with E-state index in [1.165, 1.54) is 0 Å². The fourth-order valence-corrected chi connectivity index (χ4v) is 2.81. The Morgan fingerprint density at radius 1 is 1.15 bits per heavy atom. The molecular formula is C22H24N2O3. The summed E-state index contributed by atoms with van der Waals surface area (Å²) in [5, 5.41) is 0. The molecular weight excluding hydrogens is 340 g/mol. The molecule has 0 bridgehead atoms. The summed E-state index contributed by atoms with van der Waals surface area (Å²) in [7, 11) is 0. The summed E-state index contributed by atoms with van der Waals surface area (Å²) in [6, 6.07) is 15.5. The highest BCUT2D eigenvalue weighted by molar-refractivity contribution is 5.76. The van der Waals surface area contributed by atoms with Crippen LogP contribution >= 0.6 is 0 Å². The zero-order valence-corrected chi connectivity index (χ0v) is 15.5. The lowest BCUT2D eigenvalue weighted by Gasteiger charge is -2.22. The number of carbonyl (C=O) groups excluding carboxylic acids is 1. The van der Waals surface area contributed by atoms with E-state index < -0.39 is 0 Å². The third-order valence-corrected chi connectivity index (χ3v) is 4.17. The number of amides is 1. The third-order valence-electron chi connectivity index (χ3n) is 4.17. The van der Waals surface area contributed by atoms with Crippen molar-refractivity contribution in [3.63, 3.8) is 0 Å². The second-order valence-corrected chi connectivity index (χ2v) is 6.46. The molecule has 0 saturated carbocycles. The van der Waals surface area contributed by atoms with Gasteiger partial charge in [-0.15, -0.1) is 0 Å². The van der Waals surface area contributed by atoms with Gasteiger partial charge in [-0.1, -0.05) is 18.2 Å². The van der Waals surface area contributed by atoms with Crippen molar-refractivity contribution in [3.8, 4) is 5.75 Å². The molecule has 0 spiro atoms. The monoisotopic (exact) mass is 364 g/mol. The van der Waals surface area contributed by atoms with Crippen molar-refractivity contribution in [1.29, 1.82) is 0 Å². The van der Waals surface area contributed by atoms with E-state index in [1.807, 2.05) is 55.5 Å². The van der Waals surface area contributed by atoms with Crippen LogP contribution in [0.4, 0.5) is 0 Å². The largest absolute Gasteiger partial charge is 0.494 e. The van der Waals surface area contributed by atoms with Crippen molar-refractivity contribution in [1.82, 2.24) is 9.88 Å². The molecule has 2 aromatic heterocycles. The Morgan fingerprint density at radius 3 is 2.81 bits per heavy atom. The first-order valence-corrected chi connectivity index (χ1v) is 9.09. The molecule has 0 atom stereocenters. The van der Waals surface area contributed by atoms with Crippen molar-refractivity contribution in [2.45, 2.75) is 32.9 Å². The number of hydrogen-bond acceptors (Lipinski definition) is 4. The van der Waals surface area contributed by atoms with Gasteiger partial charge in [0, 0.05) is 25.4 Å². The molecule has 27 heavy (non-hydrogen) atoms. The van der Waals surface area contributed by atoms with Crippen LogP contribution in [0.15, 0.2) is 71.6 Å². The Hall–Kier alpha value is -3.08. The number of hydrogen-bond donors (Lipinski definition) is 0. The van der Waals surface area contributed by atoms with Gasteiger partial charge in [-0.05, 0) is 54.8 Å². The van der Waals surface area contributed by atoms with Gasteiger partial charge >= 0.3 is 0 Å². The predicted octanol–water partition coefficient (Wildman–Crippen LogP) is 4.37. The maximum Gasteiger partial charge on any atom is 0.223 e. The molecule has 2 heterocycles. The highest BCUT2D eigenvalue weighted by Gasteiger charge is 2.16. The molecule has 0 unspecified atom stereocenters. The molecule has 0 fully saturated rings. The Morgan fingerprint density at radius 2 is 2.07 bits per heavy atom. The summed E-state index contributed by atoms with van der Waals surface area (Å²) in [4.78, 5) is 18.7. The van der Waals surface area contributed by atoms with Crippen molar-refractivity contribution in [2.75, 3.05) is 6.61 Å². The van der Waals surface area contributed by atoms with E-state index in [9.17, 15) is 4.79 Å². The molecule has 0 saturated heterocycles. The second-order valence-electron chi connectivity index (χ2n) is 6.46. The van der Waals surface area contributed by atoms with Gasteiger partial charge in [0.25, 0.3) is 0 Å². The van der Waals surface area contributed by atoms with Gasteiger partial charge in [0.15, 0.2) is 0 Å². The van der Waals surface area contributed by atoms with Crippen LogP contribution < -0.4 is 4.74 Å². The number of carbonyl (C=O) groups is 1. The summed E-state index contributed by atoms with van der Waals surface area (Å²) in [5.41, 5.74) is 2.15. The Labute approximate surface area is 159 Å². The highest BCUT2D eigenvalue weighted by Crippen LogP contribution is 2.14. The molecule has 140 valence electrons. The average Bonchev–Trinajstić information content (AvgIpc) is 3.19. The molecule has 0 N–H and O–H groups in total. The van der Waals surface area contributed by atoms with Crippen molar-refractivity contribution in [3.05, 3.63) is 84.1 Å². The average molecular weight is 364 g/mol. The lowest BCUT2D eigenvalue weighted by Crippen LogP contribution is -2.30. The molecule has 1 aromatic carbocycles. The Kier molecular flexibility index (Phi) is 6.63. The molecule has 5 heteroatoms. The third kappa shape index (κ3) is 5.99. The van der Waals surface area contributed by atoms with E-state index in [1.54, 1.807) is 23.6 Å². The topological polar surface area (TPSA) is 55.6 Å². The van der Waals surface area contributed by atoms with Gasteiger partial charge < -0.3 is 14.1 Å². The summed E-state index contributed by atoms with van der Waals surface area (Å²) in [6.45, 7) is 3.49. The van der Waals surface area contributed by atoms with Crippen LogP contribution in [0.2, 0.25) is 0 Å². The van der Waals surface area contributed by atoms with Crippen molar-refractivity contribution < 1.29 is 13.9 Å². The minimum atomic E-state index is 0.0723. The van der Waals surface area contributed by atoms with Crippen LogP contribution in [0, 0.1) is 6.92 Å². The lowest BCUT2D eigenvalue weighted by atomic mass is 10.2. The van der Waals surface area contributed by atoms with E-state index in [2.05, 4.69) is 4.98 Å². The quantitative estimate of drug-likeness (QED) is 0.529. The highest BCUT2D eigenvalue weighted by atomic mass is 16.5. The van der Waals surface area contributed by atoms with Crippen LogP contribution in [0.1, 0.15) is 29.7 Å². The molecule has 0 aliphatic heterocycles. The van der Waals surface area contributed by atoms with Crippen molar-refractivity contribution >= 4 is 5.91 Å². The Balaban J connectivity index is 1.53. The fourth-order valence-electron chi connectivity index (χ4n) is 2.81. The number of rotatable bonds is 9. The first-order chi connectivity index (χ1) is 13.2. The minimum Gasteiger partial charge on any atom is -0.494 e. The minimum absolute atomic E-state index is 0.0723. The number of pyridine rings is 1. The first kappa shape index (κ1) is 18.7. The zero-order chi connectivity index (χ0) is 18.9. The lowest BCUT2D eigenvalue weighted by molar-refractivity contribution is -0.133. The van der Waals surface area contributed by atoms with Crippen molar-refractivity contribution in [2.24, 2.45) is 0 Å². The van der Waals surface area contributed by atoms with E-state index in [0.29, 0.717) is 32.5 Å². The number of nitrogens with zero attached hydrogens (tertiary/aromatic N) is 2. The SMILES string of the molecule is Cc1cccc(OCCCC(=O)N(Cc2cccnc2)Cc2ccco2)c1. The Bertz CT molecular complexity index is 832. The zero-order valence-electron chi connectivity index (χ0n) is 15.5. The number of benzene rings is 1. The fraction of sp³-hybridized carbons (Fsp3) is 0.273. The molecule has 3 rings (SSSR count). The van der Waals surface area contributed by atoms with E-state index in [4.69, 9.17) is 9.15 Å². The molecule has 0 radical (unpaired) electrons. The summed E-state index contributed by atoms with van der Waals surface area (Å²) >= 11 is 0. The summed E-state index contributed by atoms with van der Waals surface area (Å²) in [5.74, 6) is 1.68. The molecule has 0 aliphatic rings. The maximum absolute atomic E-state index is 12.7. The van der Waals surface area contributed by atoms with Gasteiger partial charge in [0.2, 0.25) is 5.91 Å². The van der Waals surface area contributed by atoms with Crippen LogP contribution in [0.5, 0.6) is 5.75 Å². The first-order valence-electron chi connectivity index (χ1n) is 9.09. The van der Waals surface area contributed by atoms with Gasteiger partial charge in [0.05, 0.1) is 19.4 Å². The summed E-state index contributed by atoms with van der Waals surface area (Å²) in [6.07, 6.45) is 6.22. The number of ether oxygens (including phenoxy) is 1. The van der Waals surface area contributed by atoms with E-state index in [-0.39, 0.29) is 5.91 Å². The standard InChI is InChI=1S/C22H24N2O3/c1-18-6-2-8-20(14-18)26-13-5-10-22(25)24(17-21-9-4-12-27-21)16-19-7-3-11-23-15-19/h2-4,6-9,11-12,14-15H,5,10,13,16-17H2,1H3. The molecule has 1 amide bonds. The normalized spacial score (nSPS) is 10.6. The van der Waals surface area contributed by atoms with Crippen LogP contribution in [-0.2, 0) is 17.9 Å².